The van der Waals surface area contributed by atoms with Crippen molar-refractivity contribution in [2.75, 3.05) is 0 Å². The molecular formula is C17H15Cl2N5O. The van der Waals surface area contributed by atoms with Gasteiger partial charge in [0.25, 0.3) is 5.78 Å². The number of nitrogens with zero attached hydrogens (tertiary/aromatic N) is 4. The molecule has 1 N–H and O–H groups in total. The Morgan fingerprint density at radius 2 is 2.04 bits per heavy atom. The van der Waals surface area contributed by atoms with Gasteiger partial charge in [-0.3, -0.25) is 9.20 Å². The predicted molar refractivity (Wildman–Crippen MR) is 97.6 cm³/mol. The molecule has 3 aromatic rings. The summed E-state index contributed by atoms with van der Waals surface area (Å²) in [6.07, 6.45) is 3.04. The van der Waals surface area contributed by atoms with E-state index in [0.717, 1.165) is 11.4 Å². The minimum atomic E-state index is -0.263. The molecule has 0 radical (unpaired) electrons. The first-order chi connectivity index (χ1) is 11.9. The number of hydrogen-bond donors (Lipinski definition) is 1. The number of amides is 1. The van der Waals surface area contributed by atoms with Crippen molar-refractivity contribution < 1.29 is 4.79 Å². The van der Waals surface area contributed by atoms with Gasteiger partial charge in [0.2, 0.25) is 5.91 Å². The molecule has 25 heavy (non-hydrogen) atoms. The van der Waals surface area contributed by atoms with Crippen LogP contribution in [-0.2, 0) is 11.3 Å². The summed E-state index contributed by atoms with van der Waals surface area (Å²) >= 11 is 11.9. The van der Waals surface area contributed by atoms with Gasteiger partial charge in [-0.2, -0.15) is 0 Å². The summed E-state index contributed by atoms with van der Waals surface area (Å²) in [6.45, 7) is 4.08. The highest BCUT2D eigenvalue weighted by Gasteiger charge is 2.10. The fraction of sp³-hybridized carbons (Fsp3) is 0.176. The third-order valence-electron chi connectivity index (χ3n) is 3.56. The summed E-state index contributed by atoms with van der Waals surface area (Å²) in [6, 6.07) is 7.02. The average molecular weight is 376 g/mol. The molecule has 128 valence electrons. The van der Waals surface area contributed by atoms with Crippen LogP contribution < -0.4 is 5.32 Å². The highest BCUT2D eigenvalue weighted by molar-refractivity contribution is 6.35. The molecule has 1 amide bonds. The monoisotopic (exact) mass is 375 g/mol. The molecule has 0 saturated heterocycles. The van der Waals surface area contributed by atoms with Gasteiger partial charge in [-0.25, -0.2) is 4.98 Å². The Morgan fingerprint density at radius 3 is 2.80 bits per heavy atom. The smallest absolute Gasteiger partial charge is 0.255 e. The molecule has 2 heterocycles. The molecule has 0 spiro atoms. The number of fused-ring (bicyclic) bond motifs is 1. The van der Waals surface area contributed by atoms with Crippen molar-refractivity contribution in [3.05, 3.63) is 63.2 Å². The minimum Gasteiger partial charge on any atom is -0.345 e. The average Bonchev–Trinajstić information content (AvgIpc) is 2.95. The molecule has 0 fully saturated rings. The second kappa shape index (κ2) is 7.21. The highest BCUT2D eigenvalue weighted by Crippen LogP contribution is 2.21. The molecule has 0 saturated carbocycles. The first-order valence-corrected chi connectivity index (χ1v) is 8.29. The Kier molecular flexibility index (Phi) is 5.01. The van der Waals surface area contributed by atoms with Crippen molar-refractivity contribution in [2.45, 2.75) is 20.4 Å². The van der Waals surface area contributed by atoms with E-state index in [4.69, 9.17) is 23.2 Å². The van der Waals surface area contributed by atoms with Gasteiger partial charge in [0.15, 0.2) is 5.82 Å². The van der Waals surface area contributed by atoms with E-state index in [1.807, 2.05) is 24.3 Å². The molecular weight excluding hydrogens is 361 g/mol. The second-order valence-electron chi connectivity index (χ2n) is 5.51. The molecule has 0 aliphatic heterocycles. The summed E-state index contributed by atoms with van der Waals surface area (Å²) < 4.78 is 1.81. The van der Waals surface area contributed by atoms with Crippen LogP contribution >= 0.6 is 23.2 Å². The van der Waals surface area contributed by atoms with Crippen LogP contribution in [0.2, 0.25) is 10.0 Å². The maximum atomic E-state index is 12.0. The summed E-state index contributed by atoms with van der Waals surface area (Å²) in [5.74, 6) is 0.872. The number of aromatic nitrogens is 4. The molecule has 8 heteroatoms. The van der Waals surface area contributed by atoms with Gasteiger partial charge in [0.05, 0.1) is 6.54 Å². The number of aryl methyl sites for hydroxylation is 2. The van der Waals surface area contributed by atoms with Gasteiger partial charge in [0.1, 0.15) is 0 Å². The van der Waals surface area contributed by atoms with E-state index in [9.17, 15) is 4.79 Å². The summed E-state index contributed by atoms with van der Waals surface area (Å²) in [5.41, 5.74) is 2.54. The van der Waals surface area contributed by atoms with Crippen LogP contribution in [0.25, 0.3) is 11.9 Å². The fourth-order valence-electron chi connectivity index (χ4n) is 2.44. The van der Waals surface area contributed by atoms with E-state index in [-0.39, 0.29) is 12.5 Å². The Balaban J connectivity index is 1.69. The number of carbonyl (C=O) groups excluding carboxylic acids is 1. The van der Waals surface area contributed by atoms with E-state index < -0.39 is 0 Å². The van der Waals surface area contributed by atoms with Gasteiger partial charge < -0.3 is 5.32 Å². The lowest BCUT2D eigenvalue weighted by molar-refractivity contribution is -0.116. The number of rotatable bonds is 4. The zero-order chi connectivity index (χ0) is 18.0. The predicted octanol–water partition coefficient (Wildman–Crippen LogP) is 3.38. The van der Waals surface area contributed by atoms with Crippen LogP contribution in [0.15, 0.2) is 30.3 Å². The second-order valence-corrected chi connectivity index (χ2v) is 6.35. The van der Waals surface area contributed by atoms with Crippen molar-refractivity contribution in [3.63, 3.8) is 0 Å². The van der Waals surface area contributed by atoms with Crippen molar-refractivity contribution >= 4 is 41.0 Å². The zero-order valence-corrected chi connectivity index (χ0v) is 15.1. The van der Waals surface area contributed by atoms with E-state index in [0.29, 0.717) is 27.2 Å². The Labute approximate surface area is 154 Å². The number of nitrogens with one attached hydrogen (secondary N) is 1. The van der Waals surface area contributed by atoms with Crippen molar-refractivity contribution in [2.24, 2.45) is 0 Å². The largest absolute Gasteiger partial charge is 0.345 e. The lowest BCUT2D eigenvalue weighted by atomic mass is 10.2. The number of benzene rings is 1. The first kappa shape index (κ1) is 17.4. The molecule has 2 aromatic heterocycles. The lowest BCUT2D eigenvalue weighted by Gasteiger charge is -2.05. The third-order valence-corrected chi connectivity index (χ3v) is 4.12. The van der Waals surface area contributed by atoms with E-state index in [1.54, 1.807) is 24.3 Å². The summed E-state index contributed by atoms with van der Waals surface area (Å²) in [4.78, 5) is 16.3. The number of hydrogen-bond acceptors (Lipinski definition) is 4. The zero-order valence-electron chi connectivity index (χ0n) is 13.6. The number of carbonyl (C=O) groups is 1. The van der Waals surface area contributed by atoms with E-state index >= 15 is 0 Å². The Bertz CT molecular complexity index is 981. The van der Waals surface area contributed by atoms with E-state index in [2.05, 4.69) is 20.5 Å². The van der Waals surface area contributed by atoms with Crippen molar-refractivity contribution in [1.29, 1.82) is 0 Å². The highest BCUT2D eigenvalue weighted by atomic mass is 35.5. The molecule has 0 bridgehead atoms. The van der Waals surface area contributed by atoms with Gasteiger partial charge in [-0.15, -0.1) is 10.2 Å². The molecule has 0 aliphatic rings. The normalized spacial score (nSPS) is 11.4. The molecule has 3 rings (SSSR count). The van der Waals surface area contributed by atoms with Crippen LogP contribution in [0.4, 0.5) is 0 Å². The summed E-state index contributed by atoms with van der Waals surface area (Å²) in [5, 5.41) is 11.9. The van der Waals surface area contributed by atoms with Crippen LogP contribution in [-0.4, -0.2) is 25.5 Å². The maximum absolute atomic E-state index is 12.0. The molecule has 0 atom stereocenters. The van der Waals surface area contributed by atoms with Crippen LogP contribution in [0.3, 0.4) is 0 Å². The quantitative estimate of drug-likeness (QED) is 0.709. The van der Waals surface area contributed by atoms with Crippen LogP contribution in [0.1, 0.15) is 22.8 Å². The maximum Gasteiger partial charge on any atom is 0.255 e. The molecule has 0 unspecified atom stereocenters. The standard InChI is InChI=1S/C17H15Cl2N5O/c1-10-7-11(2)24-15(22-23-17(24)21-10)9-20-16(25)6-4-12-3-5-13(18)8-14(12)19/h3-8H,9H2,1-2H3,(H,20,25)/b6-4+. The van der Waals surface area contributed by atoms with Gasteiger partial charge >= 0.3 is 0 Å². The van der Waals surface area contributed by atoms with Crippen molar-refractivity contribution in [3.8, 4) is 0 Å². The van der Waals surface area contributed by atoms with E-state index in [1.165, 1.54) is 6.08 Å². The van der Waals surface area contributed by atoms with Gasteiger partial charge in [-0.05, 0) is 43.7 Å². The molecule has 0 aliphatic carbocycles. The van der Waals surface area contributed by atoms with Crippen molar-refractivity contribution in [1.82, 2.24) is 24.9 Å². The first-order valence-electron chi connectivity index (χ1n) is 7.53. The Hall–Kier alpha value is -2.44. The summed E-state index contributed by atoms with van der Waals surface area (Å²) in [7, 11) is 0. The lowest BCUT2D eigenvalue weighted by Crippen LogP contribution is -2.22. The van der Waals surface area contributed by atoms with Gasteiger partial charge in [-0.1, -0.05) is 29.3 Å². The molecule has 1 aromatic carbocycles. The van der Waals surface area contributed by atoms with Gasteiger partial charge in [0, 0.05) is 27.5 Å². The minimum absolute atomic E-state index is 0.240. The number of halogens is 2. The van der Waals surface area contributed by atoms with Crippen LogP contribution in [0.5, 0.6) is 0 Å². The van der Waals surface area contributed by atoms with Crippen LogP contribution in [0, 0.1) is 13.8 Å². The fourth-order valence-corrected chi connectivity index (χ4v) is 2.91. The third kappa shape index (κ3) is 3.97. The SMILES string of the molecule is Cc1cc(C)n2c(CNC(=O)/C=C/c3ccc(Cl)cc3Cl)nnc2n1. The molecule has 6 nitrogen and oxygen atoms in total. The topological polar surface area (TPSA) is 72.2 Å². The Morgan fingerprint density at radius 1 is 1.24 bits per heavy atom.